The quantitative estimate of drug-likeness (QED) is 0.0792. The monoisotopic (exact) mass is 2020 g/mol. The van der Waals surface area contributed by atoms with Gasteiger partial charge in [0.1, 0.15) is 88.7 Å². The fraction of sp³-hybridized carbons (Fsp3) is 0.644. The zero-order chi connectivity index (χ0) is 96.8. The Labute approximate surface area is 833 Å². The van der Waals surface area contributed by atoms with Crippen LogP contribution < -0.4 is 44.4 Å². The standard InChI is InChI=1S/C34H42F2N3O6.C34H44F2N3O6.C33H42F2N3O6.3V/c1-18-25(17-40)39-16-28(18)44-27-15-20-12-21(43-5)9-10-24(20)37-29(27)34(35,36)11-7-6-8-22-23-13-19(23)14-26(22)45-32(42)38-30(31(39)41)33(2,3)4;1-20-25(19-40)39-18-27(20)44-26-17-21-16-23(43-6)12-13-24(21)37-28(26)34(35,36)15-8-7-10-22-11-9-14-33(22,5)45-31(42)38-29(30(39)41)32(2,3)4;1-19-24(18-39)38-17-27(19)43-26-16-21-15-22(42-5)12-13-23(21)36-28(26)33(34,35)14-7-6-9-20-10-8-11-25(20)44-31(41)37-29(30(38)40)32(2,3)4;;;/h9-10,12,15,18-19,22-23,25-26,28,30H,6-8,11,13-14,16H2,1-5H3,(H,38,42);12-13,16-17,20,22,25,27,29H,7-11,14-15,18H2,1-6H3,(H,38,42);12-13,15-16,19-20,24-25,27,29H,6-11,14,17H2,1-5H3,(H,37,41);;;/q3*-1;;;/t18-,19?,22+,23?,25+,26+,28-,30+;20-,22+,25+,27-,29+,33+;19-,20+,24+,25+,27-,29+;;;/m000.../s1. The van der Waals surface area contributed by atoms with Crippen LogP contribution in [0.1, 0.15) is 236 Å². The Balaban J connectivity index is 0.000000195. The summed E-state index contributed by atoms with van der Waals surface area (Å²) in [5, 5.41) is 10.1. The average molecular weight is 2020 g/mol. The van der Waals surface area contributed by atoms with Crippen molar-refractivity contribution in [2.24, 2.45) is 63.6 Å². The van der Waals surface area contributed by atoms with Crippen LogP contribution in [0.15, 0.2) is 72.8 Å². The fourth-order valence-electron chi connectivity index (χ4n) is 21.4. The summed E-state index contributed by atoms with van der Waals surface area (Å²) in [5.74, 6) is -10.7. The van der Waals surface area contributed by atoms with Crippen molar-refractivity contribution < 1.29 is 168 Å². The van der Waals surface area contributed by atoms with Crippen molar-refractivity contribution in [3.8, 4) is 34.5 Å². The Hall–Kier alpha value is -8.75. The zero-order valence-corrected chi connectivity index (χ0v) is 85.0. The molecule has 3 aromatic carbocycles. The Bertz CT molecular complexity index is 5250. The number of fused-ring (bicyclic) bond motifs is 17. The van der Waals surface area contributed by atoms with E-state index in [-0.39, 0.29) is 142 Å². The van der Waals surface area contributed by atoms with Crippen LogP contribution in [0, 0.1) is 63.6 Å². The number of alkyl carbamates (subject to hydrolysis) is 3. The summed E-state index contributed by atoms with van der Waals surface area (Å²) in [7, 11) is 4.55. The molecule has 4 saturated carbocycles. The third-order valence-corrected chi connectivity index (χ3v) is 29.5. The number of ether oxygens (including phenoxy) is 9. The SMILES string of the molecule is COc1ccc2nc3c(cc2c1)O[C@H]1CN(C(=O)[C@H](C(C)(C)C)NC(=O)O[C@@H]2CC4CC4[C@H]2CCCCC3(F)F)[C@H]([C-]=O)[C@@H]1C.COc1ccc2nc3c(cc2c1)O[C@H]1CN(C(=O)[C@H](C(C)(C)C)NC(=O)O[C@@H]2CCC[C@H]2CCCCC3(F)F)[C@H]([C-]=O)[C@@H]1C.COc1ccc2nc3c(cc2c1)O[C@H]1CN(C(=O)[C@H](C(C)(C)C)NC(=O)O[C@]2(C)CCC[C@H]2CCCCC3(F)F)[C@H]([C-]=O)[C@@H]1C.[V].[V].[V]. The molecule has 7 fully saturated rings. The minimum absolute atomic E-state index is 0. The van der Waals surface area contributed by atoms with Gasteiger partial charge in [0.25, 0.3) is 17.8 Å². The van der Waals surface area contributed by atoms with Gasteiger partial charge >= 0.3 is 18.3 Å². The first-order chi connectivity index (χ1) is 63.3. The van der Waals surface area contributed by atoms with E-state index in [1.165, 1.54) is 54.2 Å². The molecule has 16 rings (SSSR count). The smallest absolute Gasteiger partial charge is 0.408 e. The molecule has 6 bridgehead atoms. The predicted octanol–water partition coefficient (Wildman–Crippen LogP) is 18.0. The summed E-state index contributed by atoms with van der Waals surface area (Å²) in [6.45, 7) is 23.2. The number of alkyl halides is 6. The summed E-state index contributed by atoms with van der Waals surface area (Å²) in [6.07, 6.45) is 10.2. The molecule has 6 amide bonds. The van der Waals surface area contributed by atoms with Crippen LogP contribution in [0.25, 0.3) is 32.7 Å². The van der Waals surface area contributed by atoms with Crippen LogP contribution in [-0.2, 0) is 116 Å². The van der Waals surface area contributed by atoms with E-state index >= 15 is 26.3 Å². The van der Waals surface area contributed by atoms with Gasteiger partial charge in [-0.05, 0) is 233 Å². The number of carbonyl (C=O) groups excluding carboxylic acids is 9. The molecule has 10 aliphatic rings. The third-order valence-electron chi connectivity index (χ3n) is 29.5. The summed E-state index contributed by atoms with van der Waals surface area (Å²) in [4.78, 5) is 136. The average Bonchev–Trinajstić information content (AvgIpc) is 1.61. The van der Waals surface area contributed by atoms with Gasteiger partial charge < -0.3 is 87.7 Å². The second-order valence-electron chi connectivity index (χ2n) is 42.0. The first kappa shape index (κ1) is 109. The molecule has 137 heavy (non-hydrogen) atoms. The van der Waals surface area contributed by atoms with Crippen molar-refractivity contribution in [2.75, 3.05) is 41.0 Å². The van der Waals surface area contributed by atoms with Crippen LogP contribution in [0.2, 0.25) is 0 Å². The molecule has 6 aromatic rings. The number of aromatic nitrogens is 3. The number of nitrogens with one attached hydrogen (secondary N) is 3. The predicted molar refractivity (Wildman–Crippen MR) is 485 cm³/mol. The van der Waals surface area contributed by atoms with Gasteiger partial charge in [-0.15, -0.1) is 0 Å². The summed E-state index contributed by atoms with van der Waals surface area (Å²) < 4.78 is 149. The number of halogens is 6. The molecule has 3 aromatic heterocycles. The van der Waals surface area contributed by atoms with E-state index < -0.39 is 184 Å². The fourth-order valence-corrected chi connectivity index (χ4v) is 21.4. The van der Waals surface area contributed by atoms with Gasteiger partial charge in [-0.3, -0.25) is 14.4 Å². The number of methoxy groups -OCH3 is 3. The van der Waals surface area contributed by atoms with E-state index in [4.69, 9.17) is 42.6 Å². The number of hydrogen-bond acceptors (Lipinski definition) is 21. The number of amides is 6. The Kier molecular flexibility index (Phi) is 34.7. The number of benzene rings is 3. The van der Waals surface area contributed by atoms with E-state index in [1.807, 2.05) is 88.1 Å². The number of rotatable bonds is 6. The molecule has 3 saturated heterocycles. The second kappa shape index (κ2) is 43.8. The van der Waals surface area contributed by atoms with Crippen molar-refractivity contribution in [1.29, 1.82) is 0 Å². The third kappa shape index (κ3) is 24.0. The summed E-state index contributed by atoms with van der Waals surface area (Å²) in [5.41, 5.74) is -3.24. The van der Waals surface area contributed by atoms with E-state index in [9.17, 15) is 43.2 Å². The topological polar surface area (TPSA) is 321 Å². The van der Waals surface area contributed by atoms with Gasteiger partial charge in [-0.2, -0.15) is 26.3 Å². The largest absolute Gasteiger partial charge is 0.540 e. The molecule has 3 N–H and O–H groups in total. The van der Waals surface area contributed by atoms with Crippen LogP contribution in [-0.4, -0.2) is 198 Å². The van der Waals surface area contributed by atoms with E-state index in [0.29, 0.717) is 113 Å². The maximum Gasteiger partial charge on any atom is 0.408 e. The molecule has 0 spiro atoms. The molecule has 4 aliphatic carbocycles. The number of nitrogens with zero attached hydrogens (tertiary/aromatic N) is 6. The molecule has 6 aliphatic heterocycles. The van der Waals surface area contributed by atoms with Crippen LogP contribution in [0.4, 0.5) is 40.7 Å². The first-order valence-corrected chi connectivity index (χ1v) is 47.4. The maximum absolute atomic E-state index is 16.1. The summed E-state index contributed by atoms with van der Waals surface area (Å²) in [6, 6.07) is 13.5. The van der Waals surface area contributed by atoms with Crippen LogP contribution in [0.5, 0.6) is 34.5 Å². The van der Waals surface area contributed by atoms with Crippen molar-refractivity contribution in [1.82, 2.24) is 45.6 Å². The van der Waals surface area contributed by atoms with Gasteiger partial charge in [0, 0.05) is 91.1 Å². The van der Waals surface area contributed by atoms with E-state index in [2.05, 4.69) is 30.9 Å². The molecule has 745 valence electrons. The molecule has 36 heteroatoms. The molecule has 3 radical (unpaired) electrons. The molecule has 27 nitrogen and oxygen atoms in total. The summed E-state index contributed by atoms with van der Waals surface area (Å²) >= 11 is 0. The van der Waals surface area contributed by atoms with Gasteiger partial charge in [-0.25, -0.2) is 48.2 Å². The van der Waals surface area contributed by atoms with Crippen LogP contribution in [0.3, 0.4) is 0 Å². The molecule has 2 unspecified atom stereocenters. The van der Waals surface area contributed by atoms with Gasteiger partial charge in [0.15, 0.2) is 17.1 Å². The minimum atomic E-state index is -3.31. The van der Waals surface area contributed by atoms with Gasteiger partial charge in [-0.1, -0.05) is 120 Å². The molecule has 20 atom stereocenters. The number of pyridine rings is 3. The van der Waals surface area contributed by atoms with E-state index in [1.54, 1.807) is 75.4 Å². The van der Waals surface area contributed by atoms with E-state index in [0.717, 1.165) is 38.5 Å². The van der Waals surface area contributed by atoms with Gasteiger partial charge in [0.2, 0.25) is 17.7 Å². The van der Waals surface area contributed by atoms with Crippen molar-refractivity contribution >= 4 is 87.6 Å². The van der Waals surface area contributed by atoms with Crippen LogP contribution >= 0.6 is 0 Å². The van der Waals surface area contributed by atoms with Crippen molar-refractivity contribution in [2.45, 2.75) is 309 Å². The molecule has 9 heterocycles. The minimum Gasteiger partial charge on any atom is -0.540 e. The Morgan fingerprint density at radius 3 is 1.10 bits per heavy atom. The zero-order valence-electron chi connectivity index (χ0n) is 80.8. The first-order valence-electron chi connectivity index (χ1n) is 47.4. The molecular weight excluding hydrogens is 1890 g/mol. The van der Waals surface area contributed by atoms with Crippen molar-refractivity contribution in [3.05, 3.63) is 89.9 Å². The number of hydrogen-bond donors (Lipinski definition) is 3. The second-order valence-corrected chi connectivity index (χ2v) is 42.0. The molecular formula is C101H128F6N9O18V3-3. The Morgan fingerprint density at radius 1 is 0.394 bits per heavy atom. The van der Waals surface area contributed by atoms with Crippen molar-refractivity contribution in [3.63, 3.8) is 0 Å². The Morgan fingerprint density at radius 2 is 0.737 bits per heavy atom. The van der Waals surface area contributed by atoms with Gasteiger partial charge in [0.05, 0.1) is 57.5 Å². The maximum atomic E-state index is 16.1. The number of carbonyl (C=O) groups is 6. The normalized spacial score (nSPS) is 30.8.